The molecule has 0 rings (SSSR count). The number of ether oxygens (including phenoxy) is 1. The Bertz CT molecular complexity index is 143. The van der Waals surface area contributed by atoms with Crippen LogP contribution in [0.2, 0.25) is 0 Å². The summed E-state index contributed by atoms with van der Waals surface area (Å²) in [4.78, 5) is 11.0. The quantitative estimate of drug-likeness (QED) is 0.560. The van der Waals surface area contributed by atoms with Gasteiger partial charge in [0, 0.05) is 6.42 Å². The molecule has 0 saturated carbocycles. The first-order chi connectivity index (χ1) is 6.70. The van der Waals surface area contributed by atoms with Gasteiger partial charge in [0.15, 0.2) is 0 Å². The van der Waals surface area contributed by atoms with E-state index in [2.05, 4.69) is 13.8 Å². The van der Waals surface area contributed by atoms with Crippen LogP contribution in [0.25, 0.3) is 0 Å². The molecule has 2 nitrogen and oxygen atoms in total. The minimum Gasteiger partial charge on any atom is -0.466 e. The Morgan fingerprint density at radius 2 is 1.86 bits per heavy atom. The molecule has 0 aromatic rings. The first-order valence-corrected chi connectivity index (χ1v) is 5.86. The smallest absolute Gasteiger partial charge is 0.305 e. The van der Waals surface area contributed by atoms with E-state index in [1.807, 2.05) is 6.92 Å². The molecule has 0 spiro atoms. The van der Waals surface area contributed by atoms with Crippen molar-refractivity contribution in [2.45, 2.75) is 59.3 Å². The Hall–Kier alpha value is -0.530. The molecule has 0 amide bonds. The summed E-state index contributed by atoms with van der Waals surface area (Å²) in [6, 6.07) is 0. The van der Waals surface area contributed by atoms with E-state index in [4.69, 9.17) is 4.74 Å². The van der Waals surface area contributed by atoms with Crippen LogP contribution in [0, 0.1) is 5.92 Å². The zero-order chi connectivity index (χ0) is 10.8. The highest BCUT2D eigenvalue weighted by Gasteiger charge is 2.05. The first kappa shape index (κ1) is 13.5. The fourth-order valence-electron chi connectivity index (χ4n) is 1.52. The fourth-order valence-corrected chi connectivity index (χ4v) is 1.52. The fraction of sp³-hybridized carbons (Fsp3) is 0.917. The Kier molecular flexibility index (Phi) is 8.70. The normalized spacial score (nSPS) is 12.5. The van der Waals surface area contributed by atoms with Gasteiger partial charge < -0.3 is 4.74 Å². The minimum absolute atomic E-state index is 0.0461. The number of hydrogen-bond acceptors (Lipinski definition) is 2. The van der Waals surface area contributed by atoms with E-state index in [1.165, 1.54) is 19.3 Å². The van der Waals surface area contributed by atoms with Crippen molar-refractivity contribution in [3.8, 4) is 0 Å². The van der Waals surface area contributed by atoms with E-state index >= 15 is 0 Å². The van der Waals surface area contributed by atoms with Crippen LogP contribution in [0.1, 0.15) is 59.3 Å². The van der Waals surface area contributed by atoms with Crippen molar-refractivity contribution < 1.29 is 9.53 Å². The molecule has 84 valence electrons. The second-order valence-electron chi connectivity index (χ2n) is 3.94. The average Bonchev–Trinajstić information content (AvgIpc) is 2.15. The molecule has 0 aromatic heterocycles. The lowest BCUT2D eigenvalue weighted by atomic mass is 9.98. The van der Waals surface area contributed by atoms with E-state index in [0.717, 1.165) is 18.8 Å². The molecule has 2 heteroatoms. The van der Waals surface area contributed by atoms with Crippen molar-refractivity contribution in [3.63, 3.8) is 0 Å². The van der Waals surface area contributed by atoms with Crippen LogP contribution in [-0.2, 0) is 9.53 Å². The number of esters is 1. The third-order valence-corrected chi connectivity index (χ3v) is 2.43. The summed E-state index contributed by atoms with van der Waals surface area (Å²) in [6.07, 6.45) is 6.58. The van der Waals surface area contributed by atoms with Gasteiger partial charge in [0.2, 0.25) is 0 Å². The number of unbranched alkanes of at least 4 members (excludes halogenated alkanes) is 1. The van der Waals surface area contributed by atoms with Gasteiger partial charge in [-0.05, 0) is 19.3 Å². The molecule has 1 atom stereocenters. The highest BCUT2D eigenvalue weighted by molar-refractivity contribution is 5.69. The second-order valence-corrected chi connectivity index (χ2v) is 3.94. The third-order valence-electron chi connectivity index (χ3n) is 2.43. The highest BCUT2D eigenvalue weighted by Crippen LogP contribution is 2.15. The number of hydrogen-bond donors (Lipinski definition) is 0. The van der Waals surface area contributed by atoms with Crippen molar-refractivity contribution in [2.75, 3.05) is 6.61 Å². The second kappa shape index (κ2) is 9.04. The Labute approximate surface area is 88.0 Å². The largest absolute Gasteiger partial charge is 0.466 e. The van der Waals surface area contributed by atoms with Gasteiger partial charge in [-0.1, -0.05) is 39.5 Å². The predicted molar refractivity (Wildman–Crippen MR) is 59.2 cm³/mol. The average molecular weight is 200 g/mol. The van der Waals surface area contributed by atoms with Crippen LogP contribution in [0.3, 0.4) is 0 Å². The molecule has 0 fully saturated rings. The molecular formula is C12H24O2. The maximum absolute atomic E-state index is 11.0. The lowest BCUT2D eigenvalue weighted by Gasteiger charge is -2.09. The highest BCUT2D eigenvalue weighted by atomic mass is 16.5. The van der Waals surface area contributed by atoms with Crippen LogP contribution in [0.15, 0.2) is 0 Å². The summed E-state index contributed by atoms with van der Waals surface area (Å²) in [5.41, 5.74) is 0. The van der Waals surface area contributed by atoms with E-state index in [9.17, 15) is 4.79 Å². The number of carbonyl (C=O) groups is 1. The number of rotatable bonds is 8. The van der Waals surface area contributed by atoms with Crippen LogP contribution in [0.4, 0.5) is 0 Å². The van der Waals surface area contributed by atoms with Crippen molar-refractivity contribution in [2.24, 2.45) is 5.92 Å². The molecule has 0 aliphatic carbocycles. The molecule has 0 aliphatic heterocycles. The topological polar surface area (TPSA) is 26.3 Å². The Morgan fingerprint density at radius 1 is 1.21 bits per heavy atom. The van der Waals surface area contributed by atoms with E-state index in [1.54, 1.807) is 0 Å². The van der Waals surface area contributed by atoms with Crippen molar-refractivity contribution in [3.05, 3.63) is 0 Å². The molecular weight excluding hydrogens is 176 g/mol. The van der Waals surface area contributed by atoms with Gasteiger partial charge >= 0.3 is 5.97 Å². The molecule has 0 unspecified atom stereocenters. The van der Waals surface area contributed by atoms with Gasteiger partial charge in [0.05, 0.1) is 6.61 Å². The predicted octanol–water partition coefficient (Wildman–Crippen LogP) is 3.55. The molecule has 0 radical (unpaired) electrons. The van der Waals surface area contributed by atoms with Crippen molar-refractivity contribution in [1.29, 1.82) is 0 Å². The van der Waals surface area contributed by atoms with Gasteiger partial charge in [-0.2, -0.15) is 0 Å². The standard InChI is InChI=1S/C12H24O2/c1-4-6-8-11(3)9-7-10-12(13)14-5-2/h11H,4-10H2,1-3H3/t11-/m0/s1. The summed E-state index contributed by atoms with van der Waals surface area (Å²) in [7, 11) is 0. The monoisotopic (exact) mass is 200 g/mol. The van der Waals surface area contributed by atoms with E-state index in [-0.39, 0.29) is 5.97 Å². The SMILES string of the molecule is CCCC[C@H](C)CCCC(=O)OCC. The lowest BCUT2D eigenvalue weighted by Crippen LogP contribution is -2.04. The lowest BCUT2D eigenvalue weighted by molar-refractivity contribution is -0.143. The van der Waals surface area contributed by atoms with Crippen LogP contribution in [0.5, 0.6) is 0 Å². The maximum atomic E-state index is 11.0. The zero-order valence-electron chi connectivity index (χ0n) is 9.84. The zero-order valence-corrected chi connectivity index (χ0v) is 9.84. The number of carbonyl (C=O) groups excluding carboxylic acids is 1. The molecule has 0 saturated heterocycles. The summed E-state index contributed by atoms with van der Waals surface area (Å²) in [5, 5.41) is 0. The summed E-state index contributed by atoms with van der Waals surface area (Å²) < 4.78 is 4.87. The van der Waals surface area contributed by atoms with Crippen molar-refractivity contribution >= 4 is 5.97 Å². The van der Waals surface area contributed by atoms with Gasteiger partial charge in [-0.3, -0.25) is 4.79 Å². The van der Waals surface area contributed by atoms with Gasteiger partial charge in [-0.25, -0.2) is 0 Å². The van der Waals surface area contributed by atoms with Crippen LogP contribution in [-0.4, -0.2) is 12.6 Å². The van der Waals surface area contributed by atoms with Gasteiger partial charge in [-0.15, -0.1) is 0 Å². The van der Waals surface area contributed by atoms with Gasteiger partial charge in [0.25, 0.3) is 0 Å². The molecule has 14 heavy (non-hydrogen) atoms. The Balaban J connectivity index is 3.29. The molecule has 0 heterocycles. The van der Waals surface area contributed by atoms with Crippen LogP contribution < -0.4 is 0 Å². The van der Waals surface area contributed by atoms with Crippen LogP contribution >= 0.6 is 0 Å². The third kappa shape index (κ3) is 8.09. The summed E-state index contributed by atoms with van der Waals surface area (Å²) in [6.45, 7) is 6.83. The molecule has 0 bridgehead atoms. The minimum atomic E-state index is -0.0461. The summed E-state index contributed by atoms with van der Waals surface area (Å²) in [5.74, 6) is 0.708. The summed E-state index contributed by atoms with van der Waals surface area (Å²) >= 11 is 0. The Morgan fingerprint density at radius 3 is 2.43 bits per heavy atom. The molecule has 0 aromatic carbocycles. The van der Waals surface area contributed by atoms with E-state index in [0.29, 0.717) is 13.0 Å². The maximum Gasteiger partial charge on any atom is 0.305 e. The van der Waals surface area contributed by atoms with E-state index < -0.39 is 0 Å². The molecule has 0 N–H and O–H groups in total. The first-order valence-electron chi connectivity index (χ1n) is 5.86. The molecule has 0 aliphatic rings. The van der Waals surface area contributed by atoms with Crippen molar-refractivity contribution in [1.82, 2.24) is 0 Å². The van der Waals surface area contributed by atoms with Gasteiger partial charge in [0.1, 0.15) is 0 Å².